The third-order valence-electron chi connectivity index (χ3n) is 2.79. The van der Waals surface area contributed by atoms with Crippen molar-refractivity contribution < 1.29 is 14.3 Å². The minimum atomic E-state index is -0.113. The Balaban J connectivity index is 0.000000181. The van der Waals surface area contributed by atoms with Crippen LogP contribution in [0, 0.1) is 0 Å². The molecule has 1 saturated carbocycles. The fourth-order valence-electron chi connectivity index (χ4n) is 1.69. The molecule has 2 fully saturated rings. The Bertz CT molecular complexity index is 172. The lowest BCUT2D eigenvalue weighted by Gasteiger charge is -2.05. The standard InChI is InChI=1S/C7H12O3.C6H12/c1-2-3-7(8)10-5-6-4-9-6;1-2-4-6-5-3-1/h6H,2-5H2,1H3;1-6H2. The van der Waals surface area contributed by atoms with Gasteiger partial charge in [0.05, 0.1) is 6.61 Å². The third kappa shape index (κ3) is 7.69. The maximum absolute atomic E-state index is 10.7. The van der Waals surface area contributed by atoms with Crippen LogP contribution in [0.3, 0.4) is 0 Å². The molecule has 0 spiro atoms. The summed E-state index contributed by atoms with van der Waals surface area (Å²) in [6, 6.07) is 0. The fraction of sp³-hybridized carbons (Fsp3) is 0.923. The molecular formula is C13H24O3. The van der Waals surface area contributed by atoms with Crippen molar-refractivity contribution in [2.24, 2.45) is 0 Å². The summed E-state index contributed by atoms with van der Waals surface area (Å²) in [5.41, 5.74) is 0. The van der Waals surface area contributed by atoms with Gasteiger partial charge < -0.3 is 9.47 Å². The average molecular weight is 228 g/mol. The molecule has 1 atom stereocenters. The van der Waals surface area contributed by atoms with Crippen LogP contribution >= 0.6 is 0 Å². The zero-order chi connectivity index (χ0) is 11.6. The van der Waals surface area contributed by atoms with Gasteiger partial charge in [-0.3, -0.25) is 4.79 Å². The number of epoxide rings is 1. The van der Waals surface area contributed by atoms with E-state index in [-0.39, 0.29) is 12.1 Å². The Kier molecular flexibility index (Phi) is 7.23. The summed E-state index contributed by atoms with van der Waals surface area (Å²) >= 11 is 0. The monoisotopic (exact) mass is 228 g/mol. The molecule has 1 unspecified atom stereocenters. The van der Waals surface area contributed by atoms with Crippen molar-refractivity contribution in [1.82, 2.24) is 0 Å². The second-order valence-electron chi connectivity index (χ2n) is 4.51. The zero-order valence-corrected chi connectivity index (χ0v) is 10.4. The van der Waals surface area contributed by atoms with E-state index in [0.717, 1.165) is 13.0 Å². The van der Waals surface area contributed by atoms with Crippen molar-refractivity contribution >= 4 is 5.97 Å². The van der Waals surface area contributed by atoms with Crippen LogP contribution in [0.1, 0.15) is 58.3 Å². The van der Waals surface area contributed by atoms with Gasteiger partial charge in [0.15, 0.2) is 0 Å². The fourth-order valence-corrected chi connectivity index (χ4v) is 1.69. The predicted molar refractivity (Wildman–Crippen MR) is 63.3 cm³/mol. The minimum Gasteiger partial charge on any atom is -0.463 e. The topological polar surface area (TPSA) is 38.8 Å². The van der Waals surface area contributed by atoms with E-state index in [1.807, 2.05) is 6.92 Å². The highest BCUT2D eigenvalue weighted by Gasteiger charge is 2.23. The summed E-state index contributed by atoms with van der Waals surface area (Å²) in [4.78, 5) is 10.7. The minimum absolute atomic E-state index is 0.113. The molecule has 2 rings (SSSR count). The quantitative estimate of drug-likeness (QED) is 0.548. The van der Waals surface area contributed by atoms with Crippen LogP contribution < -0.4 is 0 Å². The first-order valence-corrected chi connectivity index (χ1v) is 6.60. The summed E-state index contributed by atoms with van der Waals surface area (Å²) in [5, 5.41) is 0. The molecule has 0 bridgehead atoms. The van der Waals surface area contributed by atoms with Gasteiger partial charge in [0, 0.05) is 6.42 Å². The van der Waals surface area contributed by atoms with Crippen molar-refractivity contribution in [2.45, 2.75) is 64.4 Å². The lowest BCUT2D eigenvalue weighted by atomic mass is 10.0. The third-order valence-corrected chi connectivity index (χ3v) is 2.79. The van der Waals surface area contributed by atoms with Crippen molar-refractivity contribution in [3.63, 3.8) is 0 Å². The van der Waals surface area contributed by atoms with Gasteiger partial charge >= 0.3 is 5.97 Å². The lowest BCUT2D eigenvalue weighted by Crippen LogP contribution is -2.08. The zero-order valence-electron chi connectivity index (χ0n) is 10.4. The largest absolute Gasteiger partial charge is 0.463 e. The first-order valence-electron chi connectivity index (χ1n) is 6.60. The van der Waals surface area contributed by atoms with E-state index in [1.165, 1.54) is 38.5 Å². The summed E-state index contributed by atoms with van der Waals surface area (Å²) in [6.45, 7) is 3.15. The van der Waals surface area contributed by atoms with E-state index >= 15 is 0 Å². The molecule has 1 aliphatic heterocycles. The molecule has 3 heteroatoms. The van der Waals surface area contributed by atoms with E-state index < -0.39 is 0 Å². The van der Waals surface area contributed by atoms with Gasteiger partial charge in [-0.05, 0) is 6.42 Å². The van der Waals surface area contributed by atoms with Crippen molar-refractivity contribution in [3.05, 3.63) is 0 Å². The summed E-state index contributed by atoms with van der Waals surface area (Å²) in [7, 11) is 0. The normalized spacial score (nSPS) is 22.9. The van der Waals surface area contributed by atoms with Gasteiger partial charge in [-0.1, -0.05) is 45.4 Å². The van der Waals surface area contributed by atoms with Crippen molar-refractivity contribution in [3.8, 4) is 0 Å². The molecule has 0 radical (unpaired) electrons. The van der Waals surface area contributed by atoms with Crippen LogP contribution in [-0.2, 0) is 14.3 Å². The van der Waals surface area contributed by atoms with Crippen LogP contribution in [0.2, 0.25) is 0 Å². The summed E-state index contributed by atoms with van der Waals surface area (Å²) in [6.07, 6.45) is 10.6. The number of rotatable bonds is 4. The molecule has 16 heavy (non-hydrogen) atoms. The maximum atomic E-state index is 10.7. The molecule has 3 nitrogen and oxygen atoms in total. The summed E-state index contributed by atoms with van der Waals surface area (Å²) in [5.74, 6) is -0.113. The lowest BCUT2D eigenvalue weighted by molar-refractivity contribution is -0.144. The molecule has 1 saturated heterocycles. The van der Waals surface area contributed by atoms with E-state index in [1.54, 1.807) is 0 Å². The van der Waals surface area contributed by atoms with Crippen molar-refractivity contribution in [1.29, 1.82) is 0 Å². The Morgan fingerprint density at radius 1 is 1.19 bits per heavy atom. The van der Waals surface area contributed by atoms with Gasteiger partial charge in [0.1, 0.15) is 12.7 Å². The van der Waals surface area contributed by atoms with E-state index in [2.05, 4.69) is 0 Å². The van der Waals surface area contributed by atoms with E-state index in [9.17, 15) is 4.79 Å². The second-order valence-corrected chi connectivity index (χ2v) is 4.51. The number of esters is 1. The first kappa shape index (κ1) is 13.5. The van der Waals surface area contributed by atoms with Gasteiger partial charge in [0.25, 0.3) is 0 Å². The molecule has 94 valence electrons. The highest BCUT2D eigenvalue weighted by molar-refractivity contribution is 5.69. The highest BCUT2D eigenvalue weighted by Crippen LogP contribution is 2.15. The van der Waals surface area contributed by atoms with Crippen LogP contribution in [-0.4, -0.2) is 25.3 Å². The molecule has 2 aliphatic rings. The molecule has 0 aromatic carbocycles. The predicted octanol–water partition coefficient (Wildman–Crippen LogP) is 3.07. The molecule has 0 amide bonds. The van der Waals surface area contributed by atoms with Crippen LogP contribution in [0.4, 0.5) is 0 Å². The van der Waals surface area contributed by atoms with E-state index in [4.69, 9.17) is 9.47 Å². The number of ether oxygens (including phenoxy) is 2. The SMILES string of the molecule is C1CCCCC1.CCCC(=O)OCC1CO1. The Labute approximate surface area is 98.5 Å². The summed E-state index contributed by atoms with van der Waals surface area (Å²) < 4.78 is 9.70. The van der Waals surface area contributed by atoms with E-state index in [0.29, 0.717) is 13.0 Å². The van der Waals surface area contributed by atoms with Crippen LogP contribution in [0.25, 0.3) is 0 Å². The molecule has 0 aromatic rings. The molecule has 0 N–H and O–H groups in total. The number of carbonyl (C=O) groups excluding carboxylic acids is 1. The van der Waals surface area contributed by atoms with Gasteiger partial charge in [-0.15, -0.1) is 0 Å². The second kappa shape index (κ2) is 8.57. The molecule has 1 heterocycles. The number of hydrogen-bond donors (Lipinski definition) is 0. The van der Waals surface area contributed by atoms with Crippen molar-refractivity contribution in [2.75, 3.05) is 13.2 Å². The van der Waals surface area contributed by atoms with Gasteiger partial charge in [-0.25, -0.2) is 0 Å². The highest BCUT2D eigenvalue weighted by atomic mass is 16.6. The van der Waals surface area contributed by atoms with Gasteiger partial charge in [0.2, 0.25) is 0 Å². The maximum Gasteiger partial charge on any atom is 0.305 e. The Morgan fingerprint density at radius 3 is 2.06 bits per heavy atom. The average Bonchev–Trinajstić information content (AvgIpc) is 3.14. The van der Waals surface area contributed by atoms with Crippen LogP contribution in [0.15, 0.2) is 0 Å². The Morgan fingerprint density at radius 2 is 1.69 bits per heavy atom. The molecule has 0 aromatic heterocycles. The first-order chi connectivity index (χ1) is 7.83. The van der Waals surface area contributed by atoms with Crippen LogP contribution in [0.5, 0.6) is 0 Å². The molecular weight excluding hydrogens is 204 g/mol. The van der Waals surface area contributed by atoms with Gasteiger partial charge in [-0.2, -0.15) is 0 Å². The molecule has 1 aliphatic carbocycles. The number of carbonyl (C=O) groups is 1. The Hall–Kier alpha value is -0.570. The smallest absolute Gasteiger partial charge is 0.305 e. The number of hydrogen-bond acceptors (Lipinski definition) is 3.